The van der Waals surface area contributed by atoms with Crippen molar-refractivity contribution in [3.8, 4) is 0 Å². The van der Waals surface area contributed by atoms with E-state index in [4.69, 9.17) is 10.8 Å². The van der Waals surface area contributed by atoms with Crippen molar-refractivity contribution in [1.29, 1.82) is 0 Å². The molecule has 1 aromatic rings. The van der Waals surface area contributed by atoms with Crippen LogP contribution in [-0.4, -0.2) is 23.5 Å². The molecule has 0 fully saturated rings. The third-order valence-electron chi connectivity index (χ3n) is 3.56. The molecular weight excluding hydrogens is 268 g/mol. The summed E-state index contributed by atoms with van der Waals surface area (Å²) in [6.07, 6.45) is 1.45. The minimum Gasteiger partial charge on any atom is -0.481 e. The highest BCUT2D eigenvalue weighted by atomic mass is 16.4. The van der Waals surface area contributed by atoms with Gasteiger partial charge in [-0.15, -0.1) is 0 Å². The molecule has 0 aliphatic rings. The quantitative estimate of drug-likeness (QED) is 0.684. The molecule has 1 atom stereocenters. The molecule has 0 unspecified atom stereocenters. The van der Waals surface area contributed by atoms with Gasteiger partial charge in [-0.1, -0.05) is 44.2 Å². The van der Waals surface area contributed by atoms with Crippen molar-refractivity contribution < 1.29 is 14.7 Å². The smallest absolute Gasteiger partial charge is 0.303 e. The van der Waals surface area contributed by atoms with Crippen LogP contribution in [0.3, 0.4) is 0 Å². The molecule has 0 heterocycles. The monoisotopic (exact) mass is 292 g/mol. The fraction of sp³-hybridized carbons (Fsp3) is 0.500. The molecule has 1 rings (SSSR count). The number of benzene rings is 1. The highest BCUT2D eigenvalue weighted by Gasteiger charge is 2.20. The molecule has 5 nitrogen and oxygen atoms in total. The van der Waals surface area contributed by atoms with E-state index in [9.17, 15) is 9.59 Å². The molecule has 0 radical (unpaired) electrons. The Labute approximate surface area is 125 Å². The molecular formula is C16H24N2O3. The van der Waals surface area contributed by atoms with Crippen LogP contribution in [0.25, 0.3) is 0 Å². The van der Waals surface area contributed by atoms with E-state index in [1.807, 2.05) is 44.2 Å². The highest BCUT2D eigenvalue weighted by Crippen LogP contribution is 2.26. The first-order valence-corrected chi connectivity index (χ1v) is 7.12. The molecule has 0 spiro atoms. The van der Waals surface area contributed by atoms with Gasteiger partial charge in [-0.05, 0) is 23.8 Å². The van der Waals surface area contributed by atoms with Gasteiger partial charge in [0.25, 0.3) is 0 Å². The lowest BCUT2D eigenvalue weighted by Crippen LogP contribution is -2.36. The van der Waals surface area contributed by atoms with Crippen molar-refractivity contribution in [2.75, 3.05) is 6.54 Å². The van der Waals surface area contributed by atoms with E-state index in [0.29, 0.717) is 19.4 Å². The minimum absolute atomic E-state index is 0.123. The van der Waals surface area contributed by atoms with Crippen molar-refractivity contribution in [2.24, 2.45) is 11.1 Å². The van der Waals surface area contributed by atoms with Crippen LogP contribution in [0.2, 0.25) is 0 Å². The molecule has 0 aliphatic carbocycles. The van der Waals surface area contributed by atoms with Gasteiger partial charge in [0.15, 0.2) is 0 Å². The van der Waals surface area contributed by atoms with E-state index in [-0.39, 0.29) is 17.7 Å². The van der Waals surface area contributed by atoms with Gasteiger partial charge in [0.1, 0.15) is 6.04 Å². The molecule has 0 aromatic heterocycles. The van der Waals surface area contributed by atoms with E-state index < -0.39 is 12.0 Å². The predicted molar refractivity (Wildman–Crippen MR) is 81.6 cm³/mol. The van der Waals surface area contributed by atoms with E-state index >= 15 is 0 Å². The van der Waals surface area contributed by atoms with Crippen LogP contribution in [0.5, 0.6) is 0 Å². The number of carboxylic acid groups (broad SMARTS) is 1. The number of carbonyl (C=O) groups excluding carboxylic acids is 1. The van der Waals surface area contributed by atoms with Crippen LogP contribution in [0.1, 0.15) is 44.7 Å². The first kappa shape index (κ1) is 17.2. The van der Waals surface area contributed by atoms with Crippen LogP contribution in [0.15, 0.2) is 30.3 Å². The topological polar surface area (TPSA) is 92.4 Å². The summed E-state index contributed by atoms with van der Waals surface area (Å²) in [4.78, 5) is 22.6. The summed E-state index contributed by atoms with van der Waals surface area (Å²) in [5.74, 6) is -1.01. The summed E-state index contributed by atoms with van der Waals surface area (Å²) < 4.78 is 0. The summed E-state index contributed by atoms with van der Waals surface area (Å²) in [5.41, 5.74) is 6.55. The molecule has 21 heavy (non-hydrogen) atoms. The van der Waals surface area contributed by atoms with Gasteiger partial charge < -0.3 is 16.2 Å². The summed E-state index contributed by atoms with van der Waals surface area (Å²) in [6.45, 7) is 4.49. The Morgan fingerprint density at radius 1 is 1.24 bits per heavy atom. The van der Waals surface area contributed by atoms with Gasteiger partial charge in [-0.3, -0.25) is 9.59 Å². The lowest BCUT2D eigenvalue weighted by atomic mass is 9.84. The van der Waals surface area contributed by atoms with E-state index in [1.165, 1.54) is 0 Å². The van der Waals surface area contributed by atoms with Crippen molar-refractivity contribution in [3.05, 3.63) is 35.9 Å². The second-order valence-electron chi connectivity index (χ2n) is 5.99. The summed E-state index contributed by atoms with van der Waals surface area (Å²) in [7, 11) is 0. The van der Waals surface area contributed by atoms with Gasteiger partial charge in [0, 0.05) is 13.0 Å². The Morgan fingerprint density at radius 3 is 2.43 bits per heavy atom. The minimum atomic E-state index is -0.793. The number of nitrogens with two attached hydrogens (primary N) is 1. The van der Waals surface area contributed by atoms with Gasteiger partial charge in [-0.2, -0.15) is 0 Å². The molecule has 116 valence electrons. The fourth-order valence-electron chi connectivity index (χ4n) is 2.02. The first-order valence-electron chi connectivity index (χ1n) is 7.12. The van der Waals surface area contributed by atoms with Crippen molar-refractivity contribution >= 4 is 11.9 Å². The zero-order chi connectivity index (χ0) is 15.9. The number of rotatable bonds is 8. The Bertz CT molecular complexity index is 472. The summed E-state index contributed by atoms with van der Waals surface area (Å²) in [6, 6.07) is 8.53. The maximum Gasteiger partial charge on any atom is 0.303 e. The van der Waals surface area contributed by atoms with Crippen LogP contribution in [0.4, 0.5) is 0 Å². The standard InChI is InChI=1S/C16H24N2O3/c1-16(2,9-8-13(19)20)10-11-18-15(21)14(17)12-6-4-3-5-7-12/h3-7,14H,8-11,17H2,1-2H3,(H,18,21)(H,19,20)/t14-/m1/s1. The Morgan fingerprint density at radius 2 is 1.86 bits per heavy atom. The lowest BCUT2D eigenvalue weighted by molar-refractivity contribution is -0.137. The van der Waals surface area contributed by atoms with Crippen LogP contribution in [-0.2, 0) is 9.59 Å². The number of aliphatic carboxylic acids is 1. The first-order chi connectivity index (χ1) is 9.82. The Balaban J connectivity index is 2.38. The number of amides is 1. The SMILES string of the molecule is CC(C)(CCNC(=O)[C@H](N)c1ccccc1)CCC(=O)O. The second-order valence-corrected chi connectivity index (χ2v) is 5.99. The normalized spacial score (nSPS) is 12.7. The Hall–Kier alpha value is -1.88. The molecule has 0 aliphatic heterocycles. The number of hydrogen-bond donors (Lipinski definition) is 3. The third-order valence-corrected chi connectivity index (χ3v) is 3.56. The number of hydrogen-bond acceptors (Lipinski definition) is 3. The summed E-state index contributed by atoms with van der Waals surface area (Å²) >= 11 is 0. The van der Waals surface area contributed by atoms with Crippen molar-refractivity contribution in [1.82, 2.24) is 5.32 Å². The maximum absolute atomic E-state index is 12.0. The summed E-state index contributed by atoms with van der Waals surface area (Å²) in [5, 5.41) is 11.5. The van der Waals surface area contributed by atoms with E-state index in [1.54, 1.807) is 0 Å². The fourth-order valence-corrected chi connectivity index (χ4v) is 2.02. The van der Waals surface area contributed by atoms with Crippen molar-refractivity contribution in [2.45, 2.75) is 39.2 Å². The predicted octanol–water partition coefficient (Wildman–Crippen LogP) is 2.08. The number of nitrogens with one attached hydrogen (secondary N) is 1. The van der Waals surface area contributed by atoms with Crippen LogP contribution in [0, 0.1) is 5.41 Å². The van der Waals surface area contributed by atoms with Gasteiger partial charge in [0.2, 0.25) is 5.91 Å². The largest absolute Gasteiger partial charge is 0.481 e. The molecule has 0 saturated carbocycles. The highest BCUT2D eigenvalue weighted by molar-refractivity contribution is 5.82. The second kappa shape index (κ2) is 7.78. The van der Waals surface area contributed by atoms with Gasteiger partial charge >= 0.3 is 5.97 Å². The Kier molecular flexibility index (Phi) is 6.37. The number of carboxylic acids is 1. The number of carbonyl (C=O) groups is 2. The van der Waals surface area contributed by atoms with E-state index in [2.05, 4.69) is 5.32 Å². The lowest BCUT2D eigenvalue weighted by Gasteiger charge is -2.24. The molecule has 0 saturated heterocycles. The zero-order valence-electron chi connectivity index (χ0n) is 12.6. The maximum atomic E-state index is 12.0. The van der Waals surface area contributed by atoms with E-state index in [0.717, 1.165) is 5.56 Å². The van der Waals surface area contributed by atoms with Gasteiger partial charge in [0.05, 0.1) is 0 Å². The average Bonchev–Trinajstić information content (AvgIpc) is 2.45. The van der Waals surface area contributed by atoms with Crippen molar-refractivity contribution in [3.63, 3.8) is 0 Å². The molecule has 4 N–H and O–H groups in total. The zero-order valence-corrected chi connectivity index (χ0v) is 12.6. The van der Waals surface area contributed by atoms with Crippen LogP contribution >= 0.6 is 0 Å². The van der Waals surface area contributed by atoms with Gasteiger partial charge in [-0.25, -0.2) is 0 Å². The molecule has 5 heteroatoms. The molecule has 1 amide bonds. The third kappa shape index (κ3) is 6.40. The average molecular weight is 292 g/mol. The van der Waals surface area contributed by atoms with Crippen LogP contribution < -0.4 is 11.1 Å². The molecule has 1 aromatic carbocycles. The molecule has 0 bridgehead atoms.